The van der Waals surface area contributed by atoms with Gasteiger partial charge in [0.25, 0.3) is 0 Å². The fourth-order valence-electron chi connectivity index (χ4n) is 8.44. The van der Waals surface area contributed by atoms with Gasteiger partial charge in [0, 0.05) is 12.4 Å². The van der Waals surface area contributed by atoms with Crippen molar-refractivity contribution in [1.82, 2.24) is 29.9 Å². The van der Waals surface area contributed by atoms with Gasteiger partial charge in [0.15, 0.2) is 0 Å². The largest absolute Gasteiger partial charge is 2.00 e. The number of rotatable bonds is 4. The van der Waals surface area contributed by atoms with Gasteiger partial charge in [-0.2, -0.15) is 0 Å². The standard InChI is InChI=1S/C20H17N2.C19H15N2.2C11H8N.2Pt/c1-12-10-13(2)19(14(3)11-12)18-9-8-16-15-6-4-5-7-17(15)21-20(16)22-18;1-12-7-8-14(13(2)11-12)18-10-9-16-15-5-3-4-6-17(15)20-19(16)21-18;2*1-2-6-10(7-3-1)11-8-4-5-9-12-11;;/h4-11H,1-3H3;3-11H,1-2H3;2*1-6,8-9H;;/q4*-1;2*+2. The summed E-state index contributed by atoms with van der Waals surface area (Å²) >= 11 is 0. The molecule has 0 amide bonds. The molecule has 12 rings (SSSR count). The Balaban J connectivity index is 0.000000140. The Labute approximate surface area is 432 Å². The SMILES string of the molecule is Cc1cc(C)c(-c2ccc3c(n2)[n-]c2ccccc23)c(C)c1.Cc1ccc(-c2ccc3c(n2)[n-]c2ccccc23)c(C)c1.[Pt+2].[Pt+2].[c-]1ccccc1-c1ccccn1.[c-]1ccccc1-c1ccccn1. The number of aryl methyl sites for hydroxylation is 5. The van der Waals surface area contributed by atoms with E-state index in [1.54, 1.807) is 12.4 Å². The van der Waals surface area contributed by atoms with Crippen LogP contribution in [0.3, 0.4) is 0 Å². The van der Waals surface area contributed by atoms with Crippen LogP contribution in [0.5, 0.6) is 0 Å². The molecule has 6 aromatic carbocycles. The maximum Gasteiger partial charge on any atom is 2.00 e. The van der Waals surface area contributed by atoms with Crippen LogP contribution in [0.1, 0.15) is 27.8 Å². The Bertz CT molecular complexity index is 3400. The maximum absolute atomic E-state index is 4.82. The van der Waals surface area contributed by atoms with Gasteiger partial charge in [0.2, 0.25) is 0 Å². The van der Waals surface area contributed by atoms with Crippen LogP contribution in [0.4, 0.5) is 0 Å². The van der Waals surface area contributed by atoms with E-state index in [1.807, 2.05) is 121 Å². The average molecular weight is 1260 g/mol. The number of hydrogen-bond acceptors (Lipinski definition) is 4. The molecule has 0 N–H and O–H groups in total. The van der Waals surface area contributed by atoms with E-state index in [1.165, 1.54) is 49.7 Å². The van der Waals surface area contributed by atoms with Gasteiger partial charge in [-0.1, -0.05) is 150 Å². The van der Waals surface area contributed by atoms with E-state index < -0.39 is 0 Å². The van der Waals surface area contributed by atoms with Crippen LogP contribution >= 0.6 is 0 Å². The van der Waals surface area contributed by atoms with Crippen molar-refractivity contribution in [2.75, 3.05) is 0 Å². The first-order valence-corrected chi connectivity index (χ1v) is 22.4. The van der Waals surface area contributed by atoms with E-state index in [4.69, 9.17) is 9.97 Å². The summed E-state index contributed by atoms with van der Waals surface area (Å²) in [5.74, 6) is 0. The molecule has 0 aliphatic heterocycles. The molecule has 8 heteroatoms. The number of pyridine rings is 4. The molecule has 0 unspecified atom stereocenters. The summed E-state index contributed by atoms with van der Waals surface area (Å²) in [5, 5.41) is 4.60. The maximum atomic E-state index is 4.82. The summed E-state index contributed by atoms with van der Waals surface area (Å²) in [6.07, 6.45) is 3.58. The molecule has 6 aromatic heterocycles. The predicted octanol–water partition coefficient (Wildman–Crippen LogP) is 14.7. The molecule has 6 heterocycles. The topological polar surface area (TPSA) is 79.8 Å². The minimum atomic E-state index is 0. The fourth-order valence-corrected chi connectivity index (χ4v) is 8.44. The number of aromatic nitrogens is 6. The first-order chi connectivity index (χ1) is 32.8. The molecule has 342 valence electrons. The molecule has 0 bridgehead atoms. The minimum absolute atomic E-state index is 0. The van der Waals surface area contributed by atoms with E-state index in [0.29, 0.717) is 0 Å². The fraction of sp³-hybridized carbons (Fsp3) is 0.0820. The number of hydrogen-bond donors (Lipinski definition) is 0. The van der Waals surface area contributed by atoms with Crippen LogP contribution in [-0.4, -0.2) is 19.9 Å². The Morgan fingerprint density at radius 3 is 1.32 bits per heavy atom. The zero-order chi connectivity index (χ0) is 46.1. The molecule has 0 spiro atoms. The summed E-state index contributed by atoms with van der Waals surface area (Å²) in [6.45, 7) is 10.7. The second kappa shape index (κ2) is 23.3. The Morgan fingerprint density at radius 1 is 0.377 bits per heavy atom. The van der Waals surface area contributed by atoms with Crippen LogP contribution in [-0.2, 0) is 42.1 Å². The van der Waals surface area contributed by atoms with Crippen LogP contribution < -0.4 is 9.97 Å². The smallest absolute Gasteiger partial charge is 0.435 e. The van der Waals surface area contributed by atoms with Crippen molar-refractivity contribution in [3.05, 3.63) is 240 Å². The first-order valence-electron chi connectivity index (χ1n) is 22.4. The molecule has 0 aliphatic rings. The minimum Gasteiger partial charge on any atom is -0.435 e. The molecule has 0 fully saturated rings. The summed E-state index contributed by atoms with van der Waals surface area (Å²) in [6, 6.07) is 69.4. The van der Waals surface area contributed by atoms with Crippen LogP contribution in [0, 0.1) is 46.8 Å². The van der Waals surface area contributed by atoms with Crippen molar-refractivity contribution in [1.29, 1.82) is 0 Å². The Hall–Kier alpha value is -7.10. The zero-order valence-electron chi connectivity index (χ0n) is 38.9. The molecule has 69 heavy (non-hydrogen) atoms. The molecular formula is C61H48N6Pt2. The number of para-hydroxylation sites is 2. The van der Waals surface area contributed by atoms with Crippen molar-refractivity contribution < 1.29 is 42.1 Å². The molecule has 12 aromatic rings. The van der Waals surface area contributed by atoms with Gasteiger partial charge in [-0.05, 0) is 130 Å². The summed E-state index contributed by atoms with van der Waals surface area (Å²) < 4.78 is 0. The quantitative estimate of drug-likeness (QED) is 0.163. The first kappa shape index (κ1) is 49.8. The van der Waals surface area contributed by atoms with Crippen LogP contribution in [0.2, 0.25) is 0 Å². The monoisotopic (exact) mass is 1250 g/mol. The molecule has 6 nitrogen and oxygen atoms in total. The normalized spacial score (nSPS) is 10.4. The van der Waals surface area contributed by atoms with Crippen LogP contribution in [0.25, 0.3) is 88.9 Å². The number of benzene rings is 6. The van der Waals surface area contributed by atoms with E-state index in [0.717, 1.165) is 67.0 Å². The van der Waals surface area contributed by atoms with Gasteiger partial charge in [-0.15, -0.1) is 71.8 Å². The van der Waals surface area contributed by atoms with Crippen molar-refractivity contribution >= 4 is 43.9 Å². The summed E-state index contributed by atoms with van der Waals surface area (Å²) in [7, 11) is 0. The molecule has 0 atom stereocenters. The molecule has 0 aliphatic carbocycles. The second-order valence-corrected chi connectivity index (χ2v) is 16.5. The van der Waals surface area contributed by atoms with Crippen molar-refractivity contribution in [2.45, 2.75) is 34.6 Å². The number of nitrogens with zero attached hydrogens (tertiary/aromatic N) is 6. The van der Waals surface area contributed by atoms with Gasteiger partial charge in [-0.25, -0.2) is 0 Å². The van der Waals surface area contributed by atoms with E-state index in [-0.39, 0.29) is 42.1 Å². The third-order valence-electron chi connectivity index (χ3n) is 11.5. The van der Waals surface area contributed by atoms with Crippen LogP contribution in [0.15, 0.2) is 200 Å². The van der Waals surface area contributed by atoms with E-state index >= 15 is 0 Å². The van der Waals surface area contributed by atoms with Gasteiger partial charge in [0.05, 0.1) is 0 Å². The van der Waals surface area contributed by atoms with Crippen molar-refractivity contribution in [2.24, 2.45) is 0 Å². The van der Waals surface area contributed by atoms with Crippen molar-refractivity contribution in [3.8, 4) is 45.0 Å². The van der Waals surface area contributed by atoms with Gasteiger partial charge in [-0.3, -0.25) is 0 Å². The molecule has 0 saturated heterocycles. The third-order valence-corrected chi connectivity index (χ3v) is 11.5. The molecular weight excluding hydrogens is 1210 g/mol. The van der Waals surface area contributed by atoms with E-state index in [2.05, 4.69) is 133 Å². The molecule has 0 saturated carbocycles. The van der Waals surface area contributed by atoms with E-state index in [9.17, 15) is 0 Å². The zero-order valence-corrected chi connectivity index (χ0v) is 43.4. The van der Waals surface area contributed by atoms with Gasteiger partial charge >= 0.3 is 42.1 Å². The van der Waals surface area contributed by atoms with Gasteiger partial charge < -0.3 is 29.9 Å². The predicted molar refractivity (Wildman–Crippen MR) is 277 cm³/mol. The summed E-state index contributed by atoms with van der Waals surface area (Å²) in [5.41, 5.74) is 18.4. The third kappa shape index (κ3) is 11.8. The molecule has 0 radical (unpaired) electrons. The summed E-state index contributed by atoms with van der Waals surface area (Å²) in [4.78, 5) is 27.3. The second-order valence-electron chi connectivity index (χ2n) is 16.5. The number of fused-ring (bicyclic) bond motifs is 6. The Kier molecular flexibility index (Phi) is 16.8. The Morgan fingerprint density at radius 2 is 0.841 bits per heavy atom. The average Bonchev–Trinajstić information content (AvgIpc) is 3.93. The van der Waals surface area contributed by atoms with Crippen molar-refractivity contribution in [3.63, 3.8) is 0 Å². The van der Waals surface area contributed by atoms with Gasteiger partial charge in [0.1, 0.15) is 0 Å².